The molecule has 2 rings (SSSR count). The monoisotopic (exact) mass is 492 g/mol. The Hall–Kier alpha value is -3.67. The number of carbonyl (C=O) groups excluding carboxylic acids is 2. The van der Waals surface area contributed by atoms with Crippen molar-refractivity contribution in [1.82, 2.24) is 10.2 Å². The predicted molar refractivity (Wildman–Crippen MR) is 127 cm³/mol. The molecule has 12 heteroatoms. The second-order valence-electron chi connectivity index (χ2n) is 7.43. The lowest BCUT2D eigenvalue weighted by Gasteiger charge is -2.32. The van der Waals surface area contributed by atoms with Crippen LogP contribution in [0.1, 0.15) is 18.9 Å². The number of amides is 2. The summed E-state index contributed by atoms with van der Waals surface area (Å²) in [5.74, 6) is -1.01. The molecule has 0 saturated carbocycles. The molecule has 11 nitrogen and oxygen atoms in total. The number of benzene rings is 2. The number of hydrogen-bond acceptors (Lipinski definition) is 7. The minimum Gasteiger partial charge on any atom is -0.495 e. The van der Waals surface area contributed by atoms with Crippen LogP contribution in [-0.2, 0) is 26.2 Å². The summed E-state index contributed by atoms with van der Waals surface area (Å²) in [5, 5.41) is 13.8. The lowest BCUT2D eigenvalue weighted by Crippen LogP contribution is -2.51. The van der Waals surface area contributed by atoms with E-state index in [-0.39, 0.29) is 30.1 Å². The summed E-state index contributed by atoms with van der Waals surface area (Å²) in [6.45, 7) is 1.12. The van der Waals surface area contributed by atoms with Crippen molar-refractivity contribution in [2.24, 2.45) is 0 Å². The molecule has 0 fully saturated rings. The highest BCUT2D eigenvalue weighted by molar-refractivity contribution is 7.92. The lowest BCUT2D eigenvalue weighted by atomic mass is 10.1. The summed E-state index contributed by atoms with van der Waals surface area (Å²) in [5.41, 5.74) is 0.229. The van der Waals surface area contributed by atoms with E-state index in [1.807, 2.05) is 6.07 Å². The summed E-state index contributed by atoms with van der Waals surface area (Å²) in [6.07, 6.45) is 1.17. The summed E-state index contributed by atoms with van der Waals surface area (Å²) >= 11 is 0. The van der Waals surface area contributed by atoms with Crippen LogP contribution in [0.4, 0.5) is 11.4 Å². The van der Waals surface area contributed by atoms with E-state index >= 15 is 0 Å². The highest BCUT2D eigenvalue weighted by atomic mass is 32.2. The van der Waals surface area contributed by atoms with Crippen molar-refractivity contribution >= 4 is 33.2 Å². The number of anilines is 1. The zero-order valence-electron chi connectivity index (χ0n) is 19.4. The van der Waals surface area contributed by atoms with E-state index < -0.39 is 39.3 Å². The SMILES string of the molecule is CC[C@@H](C(=O)NC)N(Cc1ccccc1)C(=O)CN(c1cc([N+](=O)[O-])ccc1OC)S(C)(=O)=O. The first-order valence-corrected chi connectivity index (χ1v) is 12.2. The average molecular weight is 493 g/mol. The molecule has 34 heavy (non-hydrogen) atoms. The van der Waals surface area contributed by atoms with Crippen LogP contribution in [-0.4, -0.2) is 63.1 Å². The third kappa shape index (κ3) is 6.44. The Kier molecular flexibility index (Phi) is 8.96. The standard InChI is InChI=1S/C22H28N4O7S/c1-5-18(22(28)23-2)24(14-16-9-7-6-8-10-16)21(27)15-25(34(4,31)32)19-13-17(26(29)30)11-12-20(19)33-3/h6-13,18H,5,14-15H2,1-4H3,(H,23,28)/t18-/m0/s1. The van der Waals surface area contributed by atoms with Gasteiger partial charge < -0.3 is 15.0 Å². The Morgan fingerprint density at radius 1 is 1.18 bits per heavy atom. The van der Waals surface area contributed by atoms with Crippen molar-refractivity contribution in [3.05, 3.63) is 64.2 Å². The van der Waals surface area contributed by atoms with Gasteiger partial charge in [-0.3, -0.25) is 24.0 Å². The maximum absolute atomic E-state index is 13.5. The third-order valence-corrected chi connectivity index (χ3v) is 6.28. The quantitative estimate of drug-likeness (QED) is 0.373. The summed E-state index contributed by atoms with van der Waals surface area (Å²) < 4.78 is 31.3. The number of rotatable bonds is 11. The van der Waals surface area contributed by atoms with Crippen LogP contribution in [0.2, 0.25) is 0 Å². The average Bonchev–Trinajstić information content (AvgIpc) is 2.81. The van der Waals surface area contributed by atoms with Crippen molar-refractivity contribution in [2.75, 3.05) is 31.3 Å². The molecule has 2 amide bonds. The van der Waals surface area contributed by atoms with E-state index in [2.05, 4.69) is 5.32 Å². The number of non-ortho nitro benzene ring substituents is 1. The predicted octanol–water partition coefficient (Wildman–Crippen LogP) is 1.92. The number of nitro benzene ring substituents is 1. The van der Waals surface area contributed by atoms with E-state index in [4.69, 9.17) is 4.74 Å². The van der Waals surface area contributed by atoms with E-state index in [0.29, 0.717) is 0 Å². The Bertz CT molecular complexity index is 1140. The van der Waals surface area contributed by atoms with Gasteiger partial charge in [0, 0.05) is 25.7 Å². The van der Waals surface area contributed by atoms with Crippen LogP contribution in [0.25, 0.3) is 0 Å². The summed E-state index contributed by atoms with van der Waals surface area (Å²) in [7, 11) is -1.33. The Morgan fingerprint density at radius 2 is 1.82 bits per heavy atom. The van der Waals surface area contributed by atoms with Gasteiger partial charge in [0.1, 0.15) is 24.0 Å². The molecule has 0 heterocycles. The fourth-order valence-electron chi connectivity index (χ4n) is 3.45. The number of nitro groups is 1. The minimum absolute atomic E-state index is 0.0387. The topological polar surface area (TPSA) is 139 Å². The first kappa shape index (κ1) is 26.6. The molecule has 1 atom stereocenters. The van der Waals surface area contributed by atoms with Gasteiger partial charge in [-0.1, -0.05) is 37.3 Å². The molecule has 0 radical (unpaired) electrons. The largest absolute Gasteiger partial charge is 0.495 e. The Morgan fingerprint density at radius 3 is 2.32 bits per heavy atom. The van der Waals surface area contributed by atoms with Crippen molar-refractivity contribution < 1.29 is 27.7 Å². The molecule has 184 valence electrons. The molecule has 0 bridgehead atoms. The summed E-state index contributed by atoms with van der Waals surface area (Å²) in [4.78, 5) is 37.9. The number of nitrogens with one attached hydrogen (secondary N) is 1. The van der Waals surface area contributed by atoms with Crippen LogP contribution in [0.15, 0.2) is 48.5 Å². The number of hydrogen-bond donors (Lipinski definition) is 1. The first-order valence-electron chi connectivity index (χ1n) is 10.4. The van der Waals surface area contributed by atoms with Crippen LogP contribution in [0, 0.1) is 10.1 Å². The molecule has 1 N–H and O–H groups in total. The molecule has 0 spiro atoms. The fraction of sp³-hybridized carbons (Fsp3) is 0.364. The molecule has 2 aromatic carbocycles. The lowest BCUT2D eigenvalue weighted by molar-refractivity contribution is -0.384. The van der Waals surface area contributed by atoms with Gasteiger partial charge in [-0.15, -0.1) is 0 Å². The summed E-state index contributed by atoms with van der Waals surface area (Å²) in [6, 6.07) is 11.6. The normalized spacial score (nSPS) is 11.9. The molecule has 0 aliphatic heterocycles. The Balaban J connectivity index is 2.53. The third-order valence-electron chi connectivity index (χ3n) is 5.15. The van der Waals surface area contributed by atoms with Gasteiger partial charge in [0.2, 0.25) is 21.8 Å². The number of nitrogens with zero attached hydrogens (tertiary/aromatic N) is 3. The van der Waals surface area contributed by atoms with Crippen LogP contribution in [0.5, 0.6) is 5.75 Å². The molecular weight excluding hydrogens is 464 g/mol. The molecule has 0 aromatic heterocycles. The van der Waals surface area contributed by atoms with Gasteiger partial charge in [-0.05, 0) is 18.1 Å². The number of ether oxygens (including phenoxy) is 1. The number of sulfonamides is 1. The van der Waals surface area contributed by atoms with Gasteiger partial charge in [0.05, 0.1) is 18.3 Å². The minimum atomic E-state index is -4.07. The van der Waals surface area contributed by atoms with Crippen molar-refractivity contribution in [3.8, 4) is 5.75 Å². The van der Waals surface area contributed by atoms with Crippen LogP contribution < -0.4 is 14.4 Å². The highest BCUT2D eigenvalue weighted by Gasteiger charge is 2.32. The number of carbonyl (C=O) groups is 2. The van der Waals surface area contributed by atoms with Crippen molar-refractivity contribution in [1.29, 1.82) is 0 Å². The second kappa shape index (κ2) is 11.5. The number of likely N-dealkylation sites (N-methyl/N-ethyl adjacent to an activating group) is 1. The van der Waals surface area contributed by atoms with Crippen LogP contribution in [0.3, 0.4) is 0 Å². The number of methoxy groups -OCH3 is 1. The van der Waals surface area contributed by atoms with E-state index in [0.717, 1.165) is 22.2 Å². The maximum atomic E-state index is 13.5. The first-order chi connectivity index (χ1) is 16.0. The zero-order chi connectivity index (χ0) is 25.5. The van der Waals surface area contributed by atoms with E-state index in [9.17, 15) is 28.1 Å². The van der Waals surface area contributed by atoms with Gasteiger partial charge in [0.25, 0.3) is 5.69 Å². The molecule has 0 saturated heterocycles. The maximum Gasteiger partial charge on any atom is 0.271 e. The van der Waals surface area contributed by atoms with Crippen molar-refractivity contribution in [3.63, 3.8) is 0 Å². The van der Waals surface area contributed by atoms with Crippen molar-refractivity contribution in [2.45, 2.75) is 25.9 Å². The van der Waals surface area contributed by atoms with Gasteiger partial charge in [0.15, 0.2) is 0 Å². The van der Waals surface area contributed by atoms with E-state index in [1.54, 1.807) is 31.2 Å². The second-order valence-corrected chi connectivity index (χ2v) is 9.34. The zero-order valence-corrected chi connectivity index (χ0v) is 20.2. The fourth-order valence-corrected chi connectivity index (χ4v) is 4.29. The molecule has 0 aliphatic rings. The smallest absolute Gasteiger partial charge is 0.271 e. The van der Waals surface area contributed by atoms with Gasteiger partial charge in [-0.25, -0.2) is 8.42 Å². The van der Waals surface area contributed by atoms with E-state index in [1.165, 1.54) is 31.2 Å². The molecule has 0 aliphatic carbocycles. The highest BCUT2D eigenvalue weighted by Crippen LogP contribution is 2.34. The molecular formula is C22H28N4O7S. The van der Waals surface area contributed by atoms with Gasteiger partial charge >= 0.3 is 0 Å². The van der Waals surface area contributed by atoms with Crippen LogP contribution >= 0.6 is 0 Å². The molecule has 2 aromatic rings. The van der Waals surface area contributed by atoms with Gasteiger partial charge in [-0.2, -0.15) is 0 Å². The molecule has 0 unspecified atom stereocenters. The Labute approximate surface area is 198 Å².